The first kappa shape index (κ1) is 44.7. The average Bonchev–Trinajstić information content (AvgIpc) is 4.16. The van der Waals surface area contributed by atoms with Crippen LogP contribution in [0.2, 0.25) is 0 Å². The van der Waals surface area contributed by atoms with Crippen LogP contribution in [0.4, 0.5) is 11.4 Å². The highest BCUT2D eigenvalue weighted by Gasteiger charge is 2.44. The second-order valence-electron chi connectivity index (χ2n) is 17.5. The van der Waals surface area contributed by atoms with Gasteiger partial charge < -0.3 is 35.6 Å². The number of rotatable bonds is 13. The van der Waals surface area contributed by atoms with E-state index in [9.17, 15) is 24.3 Å². The summed E-state index contributed by atoms with van der Waals surface area (Å²) < 4.78 is 7.49. The smallest absolute Gasteiger partial charge is 0.274 e. The number of pyridine rings is 1. The molecule has 2 aromatic carbocycles. The number of aliphatic hydroxyl groups is 1. The van der Waals surface area contributed by atoms with Crippen molar-refractivity contribution in [1.82, 2.24) is 45.5 Å². The molecule has 65 heavy (non-hydrogen) atoms. The molecule has 3 atom stereocenters. The molecule has 0 aliphatic carbocycles. The van der Waals surface area contributed by atoms with Crippen LogP contribution >= 0.6 is 11.3 Å². The van der Waals surface area contributed by atoms with Crippen molar-refractivity contribution in [2.45, 2.75) is 77.7 Å². The molecule has 0 radical (unpaired) electrons. The van der Waals surface area contributed by atoms with E-state index in [2.05, 4.69) is 46.1 Å². The molecule has 2 aliphatic heterocycles. The number of methoxy groups -OCH3 is 1. The van der Waals surface area contributed by atoms with E-state index in [1.165, 1.54) is 4.90 Å². The first-order valence-corrected chi connectivity index (χ1v) is 22.5. The van der Waals surface area contributed by atoms with E-state index < -0.39 is 35.4 Å². The maximum Gasteiger partial charge on any atom is 0.274 e. The molecule has 4 amide bonds. The Hall–Kier alpha value is -6.92. The van der Waals surface area contributed by atoms with Crippen LogP contribution in [0.1, 0.15) is 78.3 Å². The van der Waals surface area contributed by atoms with E-state index in [4.69, 9.17) is 4.74 Å². The lowest BCUT2D eigenvalue weighted by molar-refractivity contribution is -0.142. The van der Waals surface area contributed by atoms with Gasteiger partial charge in [-0.1, -0.05) is 51.1 Å². The van der Waals surface area contributed by atoms with Gasteiger partial charge in [-0.15, -0.1) is 11.3 Å². The molecule has 0 saturated carbocycles. The van der Waals surface area contributed by atoms with Crippen LogP contribution < -0.4 is 25.6 Å². The van der Waals surface area contributed by atoms with Gasteiger partial charge in [0.25, 0.3) is 11.8 Å². The summed E-state index contributed by atoms with van der Waals surface area (Å²) in [5.74, 6) is -1.18. The first-order valence-electron chi connectivity index (χ1n) is 21.6. The standard InChI is InChI=1S/C47H53N11O6S/c1-28-41(65-27-49-28)30-11-9-29(10-12-30)25-48-45(62)39-24-33(59)26-57(39)46(63)42(47(2,3)4)53-44(61)38-18-22-58(55-38)31-16-20-56(21-17-31)32-13-14-36(40(23-32)64-5)52-43(60)37-8-6-7-34(51-37)35-15-19-50-54-35/h6-15,18-19,22-23,27,31,33,39,42,59H,16-17,20-21,24-26H2,1-5H3,(H,48,62)(H,50,54)(H,52,60)(H,53,61)/t33-,39+,42+/m0/s1. The number of amides is 4. The van der Waals surface area contributed by atoms with E-state index in [1.54, 1.807) is 65.9 Å². The Morgan fingerprint density at radius 1 is 0.985 bits per heavy atom. The fraction of sp³-hybridized carbons (Fsp3) is 0.362. The third kappa shape index (κ3) is 10.1. The van der Waals surface area contributed by atoms with Crippen molar-refractivity contribution in [3.05, 3.63) is 113 Å². The van der Waals surface area contributed by atoms with Crippen LogP contribution in [0.3, 0.4) is 0 Å². The summed E-state index contributed by atoms with van der Waals surface area (Å²) in [5, 5.41) is 30.9. The van der Waals surface area contributed by atoms with Crippen LogP contribution in [0, 0.1) is 12.3 Å². The number of aromatic nitrogens is 6. The number of likely N-dealkylation sites (tertiary alicyclic amines) is 1. The Morgan fingerprint density at radius 2 is 1.77 bits per heavy atom. The minimum Gasteiger partial charge on any atom is -0.494 e. The molecule has 8 rings (SSSR count). The maximum atomic E-state index is 14.2. The number of benzene rings is 2. The minimum absolute atomic E-state index is 0.0242. The molecule has 18 heteroatoms. The van der Waals surface area contributed by atoms with Gasteiger partial charge in [0.1, 0.15) is 29.2 Å². The van der Waals surface area contributed by atoms with Crippen molar-refractivity contribution >= 4 is 46.3 Å². The van der Waals surface area contributed by atoms with Crippen LogP contribution in [0.15, 0.2) is 90.7 Å². The molecule has 0 bridgehead atoms. The fourth-order valence-corrected chi connectivity index (χ4v) is 9.12. The number of nitrogens with zero attached hydrogens (tertiary/aromatic N) is 7. The zero-order valence-corrected chi connectivity index (χ0v) is 37.8. The summed E-state index contributed by atoms with van der Waals surface area (Å²) >= 11 is 1.57. The molecule has 6 heterocycles. The zero-order valence-electron chi connectivity index (χ0n) is 36.9. The number of ether oxygens (including phenoxy) is 1. The number of aliphatic hydroxyl groups excluding tert-OH is 1. The number of hydrogen-bond donors (Lipinski definition) is 5. The van der Waals surface area contributed by atoms with Crippen LogP contribution in [-0.4, -0.2) is 109 Å². The highest BCUT2D eigenvalue weighted by molar-refractivity contribution is 7.13. The van der Waals surface area contributed by atoms with E-state index in [0.717, 1.165) is 40.2 Å². The Balaban J connectivity index is 0.855. The fourth-order valence-electron chi connectivity index (χ4n) is 8.31. The number of piperidine rings is 1. The number of hydrogen-bond acceptors (Lipinski definition) is 12. The van der Waals surface area contributed by atoms with Crippen molar-refractivity contribution in [2.24, 2.45) is 5.41 Å². The molecule has 5 N–H and O–H groups in total. The molecule has 2 fully saturated rings. The lowest BCUT2D eigenvalue weighted by Crippen LogP contribution is -2.57. The summed E-state index contributed by atoms with van der Waals surface area (Å²) in [6, 6.07) is 20.3. The Bertz CT molecular complexity index is 2650. The van der Waals surface area contributed by atoms with Crippen molar-refractivity contribution in [2.75, 3.05) is 37.0 Å². The largest absolute Gasteiger partial charge is 0.494 e. The number of H-pyrrole nitrogens is 1. The molecule has 17 nitrogen and oxygen atoms in total. The van der Waals surface area contributed by atoms with E-state index in [1.807, 2.05) is 75.7 Å². The average molecular weight is 900 g/mol. The SMILES string of the molecule is COc1cc(N2CCC(n3ccc(C(=O)N[C@H](C(=O)N4C[C@@H](O)C[C@@H]4C(=O)NCc4ccc(-c5scnc5C)cc4)C(C)(C)C)n3)CC2)ccc1NC(=O)c1cccc(-c2ccn[nH]2)n1. The van der Waals surface area contributed by atoms with Crippen molar-refractivity contribution in [3.8, 4) is 27.6 Å². The van der Waals surface area contributed by atoms with Gasteiger partial charge in [0.15, 0.2) is 0 Å². The summed E-state index contributed by atoms with van der Waals surface area (Å²) in [4.78, 5) is 68.3. The molecule has 4 aromatic heterocycles. The predicted molar refractivity (Wildman–Crippen MR) is 246 cm³/mol. The minimum atomic E-state index is -1.00. The van der Waals surface area contributed by atoms with E-state index in [-0.39, 0.29) is 48.8 Å². The second kappa shape index (κ2) is 19.0. The van der Waals surface area contributed by atoms with Gasteiger partial charge in [-0.05, 0) is 72.7 Å². The third-order valence-corrected chi connectivity index (χ3v) is 12.9. The summed E-state index contributed by atoms with van der Waals surface area (Å²) in [5.41, 5.74) is 7.18. The molecule has 2 saturated heterocycles. The number of nitrogens with one attached hydrogen (secondary N) is 4. The maximum absolute atomic E-state index is 14.2. The Kier molecular flexibility index (Phi) is 13.1. The predicted octanol–water partition coefficient (Wildman–Crippen LogP) is 5.63. The molecule has 338 valence electrons. The summed E-state index contributed by atoms with van der Waals surface area (Å²) in [6.45, 7) is 9.16. The van der Waals surface area contributed by atoms with Gasteiger partial charge in [-0.2, -0.15) is 10.2 Å². The van der Waals surface area contributed by atoms with Crippen molar-refractivity contribution in [3.63, 3.8) is 0 Å². The Morgan fingerprint density at radius 3 is 2.46 bits per heavy atom. The monoisotopic (exact) mass is 899 g/mol. The lowest BCUT2D eigenvalue weighted by Gasteiger charge is -2.35. The third-order valence-electron chi connectivity index (χ3n) is 11.9. The quantitative estimate of drug-likeness (QED) is 0.0960. The van der Waals surface area contributed by atoms with Crippen molar-refractivity contribution < 1.29 is 29.0 Å². The highest BCUT2D eigenvalue weighted by atomic mass is 32.1. The van der Waals surface area contributed by atoms with Gasteiger partial charge in [-0.25, -0.2) is 9.97 Å². The van der Waals surface area contributed by atoms with Gasteiger partial charge in [0.05, 0.1) is 52.4 Å². The normalized spacial score (nSPS) is 17.1. The second-order valence-corrected chi connectivity index (χ2v) is 18.3. The Labute approximate surface area is 380 Å². The van der Waals surface area contributed by atoms with Gasteiger partial charge in [0, 0.05) is 56.7 Å². The number of thiazole rings is 1. The van der Waals surface area contributed by atoms with E-state index >= 15 is 0 Å². The number of aromatic amines is 1. The lowest BCUT2D eigenvalue weighted by atomic mass is 9.85. The zero-order chi connectivity index (χ0) is 45.8. The number of aryl methyl sites for hydroxylation is 1. The van der Waals surface area contributed by atoms with Crippen LogP contribution in [-0.2, 0) is 16.1 Å². The molecule has 2 aliphatic rings. The molecule has 6 aromatic rings. The number of β-amino-alcohol motifs (C(OH)–C–C–N with tert-alkyl or cyclic N) is 1. The number of carbonyl (C=O) groups excluding carboxylic acids is 4. The van der Waals surface area contributed by atoms with Gasteiger partial charge in [0.2, 0.25) is 11.8 Å². The highest BCUT2D eigenvalue weighted by Crippen LogP contribution is 2.34. The summed E-state index contributed by atoms with van der Waals surface area (Å²) in [7, 11) is 1.56. The van der Waals surface area contributed by atoms with Crippen LogP contribution in [0.25, 0.3) is 21.8 Å². The van der Waals surface area contributed by atoms with Gasteiger partial charge in [-0.3, -0.25) is 29.0 Å². The molecule has 0 unspecified atom stereocenters. The van der Waals surface area contributed by atoms with E-state index in [0.29, 0.717) is 35.9 Å². The first-order chi connectivity index (χ1) is 31.2. The number of carbonyl (C=O) groups is 4. The topological polar surface area (TPSA) is 213 Å². The van der Waals surface area contributed by atoms with Gasteiger partial charge >= 0.3 is 0 Å². The molecular weight excluding hydrogens is 847 g/mol. The molecule has 0 spiro atoms. The number of anilines is 2. The van der Waals surface area contributed by atoms with Crippen LogP contribution in [0.5, 0.6) is 5.75 Å². The summed E-state index contributed by atoms with van der Waals surface area (Å²) in [6.07, 6.45) is 4.13. The molecular formula is C47H53N11O6S. The van der Waals surface area contributed by atoms with Crippen molar-refractivity contribution in [1.29, 1.82) is 0 Å².